The molecule has 3 aliphatic rings. The summed E-state index contributed by atoms with van der Waals surface area (Å²) in [5.74, 6) is -0.0884. The van der Waals surface area contributed by atoms with Crippen LogP contribution in [0, 0.1) is 11.3 Å². The van der Waals surface area contributed by atoms with Crippen LogP contribution < -0.4 is 9.80 Å². The lowest BCUT2D eigenvalue weighted by Gasteiger charge is -2.54. The van der Waals surface area contributed by atoms with E-state index in [-0.39, 0.29) is 28.1 Å². The number of amides is 1. The first-order chi connectivity index (χ1) is 14.3. The maximum Gasteiger partial charge on any atom is 0.417 e. The molecule has 5 rings (SSSR count). The highest BCUT2D eigenvalue weighted by atomic mass is 32.2. The van der Waals surface area contributed by atoms with Crippen molar-refractivity contribution in [3.05, 3.63) is 53.6 Å². The van der Waals surface area contributed by atoms with E-state index in [1.807, 2.05) is 0 Å². The molecule has 1 amide bonds. The second kappa shape index (κ2) is 6.32. The van der Waals surface area contributed by atoms with Gasteiger partial charge in [0.1, 0.15) is 22.0 Å². The number of phenolic OH excluding ortho intramolecular Hbond substituents is 1. The summed E-state index contributed by atoms with van der Waals surface area (Å²) in [5, 5.41) is 18.3. The molecule has 2 atom stereocenters. The Morgan fingerprint density at radius 2 is 1.77 bits per heavy atom. The monoisotopic (exact) mass is 431 g/mol. The van der Waals surface area contributed by atoms with E-state index in [0.29, 0.717) is 12.8 Å². The van der Waals surface area contributed by atoms with Gasteiger partial charge >= 0.3 is 6.18 Å². The van der Waals surface area contributed by atoms with Gasteiger partial charge in [0, 0.05) is 11.4 Å². The van der Waals surface area contributed by atoms with E-state index in [1.165, 1.54) is 22.7 Å². The third kappa shape index (κ3) is 2.67. The van der Waals surface area contributed by atoms with Gasteiger partial charge in [-0.3, -0.25) is 9.69 Å². The number of carbonyl (C=O) groups excluding carboxylic acids is 1. The average molecular weight is 431 g/mol. The van der Waals surface area contributed by atoms with Crippen molar-refractivity contribution < 1.29 is 23.1 Å². The van der Waals surface area contributed by atoms with E-state index in [2.05, 4.69) is 4.90 Å². The molecule has 2 unspecified atom stereocenters. The van der Waals surface area contributed by atoms with E-state index >= 15 is 0 Å². The number of thioether (sulfide) groups is 1. The zero-order chi connectivity index (χ0) is 21.3. The van der Waals surface area contributed by atoms with Crippen LogP contribution >= 0.6 is 11.8 Å². The van der Waals surface area contributed by atoms with Gasteiger partial charge in [0.15, 0.2) is 0 Å². The molecule has 154 valence electrons. The van der Waals surface area contributed by atoms with E-state index in [9.17, 15) is 23.1 Å². The van der Waals surface area contributed by atoms with Crippen molar-refractivity contribution in [2.75, 3.05) is 9.80 Å². The lowest BCUT2D eigenvalue weighted by Crippen LogP contribution is -2.69. The maximum atomic E-state index is 13.6. The number of anilines is 2. The minimum absolute atomic E-state index is 0.0717. The standard InChI is InChI=1S/C21H16F3N3O2S/c22-21(23,24)16-10-14(3-2-12(16)11-25)26-17-18(30-17)27(13-4-6-15(28)7-5-13)20(19(26)29)8-1-9-20/h2-7,10,17-18,28H,1,8-9H2. The lowest BCUT2D eigenvalue weighted by molar-refractivity contribution is -0.138. The van der Waals surface area contributed by atoms with E-state index in [0.717, 1.165) is 24.2 Å². The van der Waals surface area contributed by atoms with Gasteiger partial charge in [-0.15, -0.1) is 11.8 Å². The Hall–Kier alpha value is -2.86. The molecule has 2 saturated heterocycles. The highest BCUT2D eigenvalue weighted by molar-refractivity contribution is 8.08. The second-order valence-corrected chi connectivity index (χ2v) is 8.94. The topological polar surface area (TPSA) is 67.6 Å². The average Bonchev–Trinajstić information content (AvgIpc) is 3.45. The van der Waals surface area contributed by atoms with Crippen molar-refractivity contribution in [3.8, 4) is 11.8 Å². The number of hydrogen-bond donors (Lipinski definition) is 1. The van der Waals surface area contributed by atoms with Crippen molar-refractivity contribution in [3.63, 3.8) is 0 Å². The van der Waals surface area contributed by atoms with Crippen LogP contribution in [0.25, 0.3) is 0 Å². The predicted octanol–water partition coefficient (Wildman–Crippen LogP) is 4.46. The Kier molecular flexibility index (Phi) is 4.03. The number of aromatic hydroxyl groups is 1. The van der Waals surface area contributed by atoms with Gasteiger partial charge in [-0.05, 0) is 61.7 Å². The first-order valence-electron chi connectivity index (χ1n) is 9.45. The summed E-state index contributed by atoms with van der Waals surface area (Å²) >= 11 is 1.51. The molecule has 2 aromatic carbocycles. The van der Waals surface area contributed by atoms with Gasteiger partial charge in [0.05, 0.1) is 17.2 Å². The van der Waals surface area contributed by atoms with Gasteiger partial charge in [-0.25, -0.2) is 0 Å². The van der Waals surface area contributed by atoms with E-state index in [4.69, 9.17) is 5.26 Å². The SMILES string of the molecule is N#Cc1ccc(N2C(=O)C3(CCC3)N(c3ccc(O)cc3)C3SC32)cc1C(F)(F)F. The number of fused-ring (bicyclic) bond motifs is 1. The van der Waals surface area contributed by atoms with Crippen molar-refractivity contribution in [1.29, 1.82) is 5.26 Å². The molecule has 30 heavy (non-hydrogen) atoms. The minimum Gasteiger partial charge on any atom is -0.508 e. The molecule has 5 nitrogen and oxygen atoms in total. The maximum absolute atomic E-state index is 13.6. The summed E-state index contributed by atoms with van der Waals surface area (Å²) in [6.45, 7) is 0. The Labute approximate surface area is 174 Å². The minimum atomic E-state index is -4.68. The smallest absolute Gasteiger partial charge is 0.417 e. The van der Waals surface area contributed by atoms with Crippen molar-refractivity contribution in [2.24, 2.45) is 0 Å². The lowest BCUT2D eigenvalue weighted by atomic mass is 9.72. The largest absolute Gasteiger partial charge is 0.508 e. The highest BCUT2D eigenvalue weighted by Crippen LogP contribution is 2.60. The molecular weight excluding hydrogens is 415 g/mol. The van der Waals surface area contributed by atoms with Gasteiger partial charge < -0.3 is 10.0 Å². The number of alkyl halides is 3. The molecule has 3 fully saturated rings. The number of phenols is 1. The molecule has 9 heteroatoms. The van der Waals surface area contributed by atoms with Crippen LogP contribution in [-0.4, -0.2) is 27.3 Å². The number of piperazine rings is 1. The van der Waals surface area contributed by atoms with Crippen molar-refractivity contribution >= 4 is 29.0 Å². The van der Waals surface area contributed by atoms with Crippen molar-refractivity contribution in [1.82, 2.24) is 0 Å². The third-order valence-corrected chi connectivity index (χ3v) is 7.23. The number of hydrogen-bond acceptors (Lipinski definition) is 5. The number of carbonyl (C=O) groups is 1. The number of nitrogens with zero attached hydrogens (tertiary/aromatic N) is 3. The van der Waals surface area contributed by atoms with Gasteiger partial charge in [-0.2, -0.15) is 18.4 Å². The van der Waals surface area contributed by atoms with Gasteiger partial charge in [0.2, 0.25) is 0 Å². The normalized spacial score (nSPS) is 24.3. The first kappa shape index (κ1) is 19.1. The molecule has 0 aromatic heterocycles. The van der Waals surface area contributed by atoms with Crippen molar-refractivity contribution in [2.45, 2.75) is 41.7 Å². The molecule has 0 radical (unpaired) electrons. The first-order valence-corrected chi connectivity index (χ1v) is 10.4. The second-order valence-electron chi connectivity index (χ2n) is 7.70. The highest BCUT2D eigenvalue weighted by Gasteiger charge is 2.66. The quantitative estimate of drug-likeness (QED) is 0.712. The summed E-state index contributed by atoms with van der Waals surface area (Å²) in [7, 11) is 0. The number of halogens is 3. The van der Waals surface area contributed by atoms with Crippen LogP contribution in [0.15, 0.2) is 42.5 Å². The summed E-state index contributed by atoms with van der Waals surface area (Å²) in [5.41, 5.74) is -1.30. The summed E-state index contributed by atoms with van der Waals surface area (Å²) in [6, 6.07) is 11.7. The van der Waals surface area contributed by atoms with Gasteiger partial charge in [0.25, 0.3) is 5.91 Å². The Balaban J connectivity index is 1.56. The zero-order valence-electron chi connectivity index (χ0n) is 15.6. The Morgan fingerprint density at radius 3 is 2.33 bits per heavy atom. The number of nitriles is 1. The molecular formula is C21H16F3N3O2S. The fourth-order valence-electron chi connectivity index (χ4n) is 4.41. The third-order valence-electron chi connectivity index (χ3n) is 6.05. The molecule has 2 aliphatic heterocycles. The molecule has 0 bridgehead atoms. The van der Waals surface area contributed by atoms with Crippen LogP contribution in [0.3, 0.4) is 0 Å². The van der Waals surface area contributed by atoms with Crippen LogP contribution in [0.2, 0.25) is 0 Å². The molecule has 1 N–H and O–H groups in total. The van der Waals surface area contributed by atoms with Gasteiger partial charge in [-0.1, -0.05) is 0 Å². The fraction of sp³-hybridized carbons (Fsp3) is 0.333. The number of benzene rings is 2. The summed E-state index contributed by atoms with van der Waals surface area (Å²) in [4.78, 5) is 17.2. The van der Waals surface area contributed by atoms with Crippen LogP contribution in [0.5, 0.6) is 5.75 Å². The van der Waals surface area contributed by atoms with Crippen LogP contribution in [-0.2, 0) is 11.0 Å². The molecule has 1 spiro atoms. The van der Waals surface area contributed by atoms with E-state index in [1.54, 1.807) is 30.3 Å². The Bertz CT molecular complexity index is 1080. The zero-order valence-corrected chi connectivity index (χ0v) is 16.4. The summed E-state index contributed by atoms with van der Waals surface area (Å²) < 4.78 is 40.3. The van der Waals surface area contributed by atoms with Crippen LogP contribution in [0.1, 0.15) is 30.4 Å². The van der Waals surface area contributed by atoms with E-state index < -0.39 is 22.8 Å². The fourth-order valence-corrected chi connectivity index (χ4v) is 5.64. The molecule has 1 aliphatic carbocycles. The number of rotatable bonds is 2. The molecule has 1 saturated carbocycles. The molecule has 2 heterocycles. The van der Waals surface area contributed by atoms with Crippen LogP contribution in [0.4, 0.5) is 24.5 Å². The Morgan fingerprint density at radius 1 is 1.10 bits per heavy atom. The summed E-state index contributed by atoms with van der Waals surface area (Å²) in [6.07, 6.45) is -2.58. The molecule has 2 aromatic rings. The predicted molar refractivity (Wildman–Crippen MR) is 106 cm³/mol.